The minimum atomic E-state index is -0.112. The third-order valence-corrected chi connectivity index (χ3v) is 5.75. The molecular weight excluding hydrogens is 352 g/mol. The average molecular weight is 385 g/mol. The maximum absolute atomic E-state index is 12.4. The molecule has 152 valence electrons. The Balaban J connectivity index is 1.58. The Labute approximate surface area is 168 Å². The molecule has 5 nitrogen and oxygen atoms in total. The number of amides is 1. The lowest BCUT2D eigenvalue weighted by molar-refractivity contribution is -0.123. The van der Waals surface area contributed by atoms with Crippen LogP contribution in [0, 0.1) is 26.7 Å². The van der Waals surface area contributed by atoms with E-state index in [9.17, 15) is 4.79 Å². The molecule has 0 bridgehead atoms. The predicted molar refractivity (Wildman–Crippen MR) is 111 cm³/mol. The SMILES string of the molecule is Cc1ccc([C@@H](CNC(=O)COc2cccc(C)c2C)N2CCC(C)CC2)o1. The largest absolute Gasteiger partial charge is 0.483 e. The Hall–Kier alpha value is -2.27. The molecule has 2 aromatic rings. The van der Waals surface area contributed by atoms with Crippen LogP contribution in [0.1, 0.15) is 48.5 Å². The number of likely N-dealkylation sites (tertiary alicyclic amines) is 1. The van der Waals surface area contributed by atoms with Gasteiger partial charge in [-0.3, -0.25) is 9.69 Å². The van der Waals surface area contributed by atoms with Crippen molar-refractivity contribution in [2.75, 3.05) is 26.2 Å². The van der Waals surface area contributed by atoms with E-state index >= 15 is 0 Å². The van der Waals surface area contributed by atoms with Crippen molar-refractivity contribution in [2.24, 2.45) is 5.92 Å². The topological polar surface area (TPSA) is 54.7 Å². The summed E-state index contributed by atoms with van der Waals surface area (Å²) in [6.45, 7) is 10.9. The summed E-state index contributed by atoms with van der Waals surface area (Å²) in [5.74, 6) is 3.23. The lowest BCUT2D eigenvalue weighted by Crippen LogP contribution is -2.42. The molecule has 1 aromatic heterocycles. The number of carbonyl (C=O) groups is 1. The molecule has 1 aliphatic heterocycles. The third-order valence-electron chi connectivity index (χ3n) is 5.75. The van der Waals surface area contributed by atoms with Crippen LogP contribution >= 0.6 is 0 Å². The van der Waals surface area contributed by atoms with Gasteiger partial charge < -0.3 is 14.5 Å². The van der Waals surface area contributed by atoms with Crippen LogP contribution < -0.4 is 10.1 Å². The quantitative estimate of drug-likeness (QED) is 0.778. The summed E-state index contributed by atoms with van der Waals surface area (Å²) in [7, 11) is 0. The van der Waals surface area contributed by atoms with Crippen molar-refractivity contribution in [3.05, 3.63) is 53.0 Å². The average Bonchev–Trinajstić information content (AvgIpc) is 3.10. The molecule has 1 amide bonds. The van der Waals surface area contributed by atoms with Gasteiger partial charge in [-0.25, -0.2) is 0 Å². The first-order chi connectivity index (χ1) is 13.4. The van der Waals surface area contributed by atoms with E-state index in [0.717, 1.165) is 47.4 Å². The van der Waals surface area contributed by atoms with Gasteiger partial charge in [-0.1, -0.05) is 19.1 Å². The highest BCUT2D eigenvalue weighted by atomic mass is 16.5. The predicted octanol–water partition coefficient (Wildman–Crippen LogP) is 4.17. The van der Waals surface area contributed by atoms with Gasteiger partial charge in [0.05, 0.1) is 6.04 Å². The smallest absolute Gasteiger partial charge is 0.258 e. The van der Waals surface area contributed by atoms with Crippen molar-refractivity contribution >= 4 is 5.91 Å². The van der Waals surface area contributed by atoms with Crippen LogP contribution in [0.3, 0.4) is 0 Å². The van der Waals surface area contributed by atoms with E-state index in [4.69, 9.17) is 9.15 Å². The monoisotopic (exact) mass is 384 g/mol. The van der Waals surface area contributed by atoms with Crippen LogP contribution in [0.15, 0.2) is 34.7 Å². The molecule has 1 saturated heterocycles. The van der Waals surface area contributed by atoms with Gasteiger partial charge in [0.2, 0.25) is 0 Å². The summed E-state index contributed by atoms with van der Waals surface area (Å²) >= 11 is 0. The molecule has 3 rings (SSSR count). The van der Waals surface area contributed by atoms with E-state index in [0.29, 0.717) is 6.54 Å². The number of nitrogens with zero attached hydrogens (tertiary/aromatic N) is 1. The third kappa shape index (κ3) is 5.16. The Morgan fingerprint density at radius 1 is 1.21 bits per heavy atom. The number of ether oxygens (including phenoxy) is 1. The molecule has 2 heterocycles. The Bertz CT molecular complexity index is 791. The second-order valence-corrected chi connectivity index (χ2v) is 7.97. The number of rotatable bonds is 7. The van der Waals surface area contributed by atoms with Crippen LogP contribution in [0.2, 0.25) is 0 Å². The van der Waals surface area contributed by atoms with E-state index < -0.39 is 0 Å². The lowest BCUT2D eigenvalue weighted by Gasteiger charge is -2.35. The van der Waals surface area contributed by atoms with Crippen molar-refractivity contribution in [1.29, 1.82) is 0 Å². The van der Waals surface area contributed by atoms with Crippen LogP contribution in [-0.4, -0.2) is 37.0 Å². The van der Waals surface area contributed by atoms with Crippen molar-refractivity contribution in [2.45, 2.75) is 46.6 Å². The number of benzene rings is 1. The highest BCUT2D eigenvalue weighted by Crippen LogP contribution is 2.27. The van der Waals surface area contributed by atoms with Gasteiger partial charge in [-0.2, -0.15) is 0 Å². The van der Waals surface area contributed by atoms with Crippen LogP contribution in [0.5, 0.6) is 5.75 Å². The van der Waals surface area contributed by atoms with E-state index in [1.807, 2.05) is 51.1 Å². The maximum atomic E-state index is 12.4. The standard InChI is InChI=1S/C23H32N2O3/c1-16-10-12-25(13-11-16)20(22-9-8-18(3)28-22)14-24-23(26)15-27-21-7-5-6-17(2)19(21)4/h5-9,16,20H,10-15H2,1-4H3,(H,24,26)/t20-/m1/s1. The number of piperidine rings is 1. The molecule has 1 aliphatic rings. The zero-order valence-corrected chi connectivity index (χ0v) is 17.5. The molecule has 28 heavy (non-hydrogen) atoms. The molecule has 0 aliphatic carbocycles. The Kier molecular flexibility index (Phi) is 6.79. The molecule has 1 N–H and O–H groups in total. The fourth-order valence-electron chi connectivity index (χ4n) is 3.67. The van der Waals surface area contributed by atoms with Crippen molar-refractivity contribution < 1.29 is 13.9 Å². The number of aryl methyl sites for hydroxylation is 2. The van der Waals surface area contributed by atoms with E-state index in [1.54, 1.807) is 0 Å². The van der Waals surface area contributed by atoms with Crippen molar-refractivity contribution in [3.8, 4) is 5.75 Å². The van der Waals surface area contributed by atoms with Crippen molar-refractivity contribution in [1.82, 2.24) is 10.2 Å². The summed E-state index contributed by atoms with van der Waals surface area (Å²) in [5, 5.41) is 3.04. The van der Waals surface area contributed by atoms with E-state index in [-0.39, 0.29) is 18.6 Å². The van der Waals surface area contributed by atoms with E-state index in [2.05, 4.69) is 17.1 Å². The number of furan rings is 1. The Morgan fingerprint density at radius 3 is 2.64 bits per heavy atom. The lowest BCUT2D eigenvalue weighted by atomic mass is 9.97. The second-order valence-electron chi connectivity index (χ2n) is 7.97. The van der Waals surface area contributed by atoms with Gasteiger partial charge in [0.25, 0.3) is 5.91 Å². The molecule has 0 unspecified atom stereocenters. The minimum absolute atomic E-state index is 0.0191. The van der Waals surface area contributed by atoms with Gasteiger partial charge in [0, 0.05) is 6.54 Å². The molecule has 0 saturated carbocycles. The number of nitrogens with one attached hydrogen (secondary N) is 1. The summed E-state index contributed by atoms with van der Waals surface area (Å²) in [5.41, 5.74) is 2.23. The highest BCUT2D eigenvalue weighted by molar-refractivity contribution is 5.77. The maximum Gasteiger partial charge on any atom is 0.258 e. The van der Waals surface area contributed by atoms with Gasteiger partial charge in [-0.05, 0) is 81.9 Å². The molecular formula is C23H32N2O3. The van der Waals surface area contributed by atoms with Gasteiger partial charge in [0.1, 0.15) is 17.3 Å². The highest BCUT2D eigenvalue weighted by Gasteiger charge is 2.27. The summed E-state index contributed by atoms with van der Waals surface area (Å²) < 4.78 is 11.6. The molecule has 5 heteroatoms. The summed E-state index contributed by atoms with van der Waals surface area (Å²) in [6.07, 6.45) is 2.36. The minimum Gasteiger partial charge on any atom is -0.483 e. The number of hydrogen-bond donors (Lipinski definition) is 1. The molecule has 1 fully saturated rings. The first-order valence-electron chi connectivity index (χ1n) is 10.2. The van der Waals surface area contributed by atoms with E-state index in [1.165, 1.54) is 12.8 Å². The summed E-state index contributed by atoms with van der Waals surface area (Å²) in [4.78, 5) is 14.8. The normalized spacial score (nSPS) is 16.7. The zero-order chi connectivity index (χ0) is 20.1. The van der Waals surface area contributed by atoms with Crippen molar-refractivity contribution in [3.63, 3.8) is 0 Å². The fraction of sp³-hybridized carbons (Fsp3) is 0.522. The van der Waals surface area contributed by atoms with Crippen LogP contribution in [0.4, 0.5) is 0 Å². The van der Waals surface area contributed by atoms with Crippen LogP contribution in [0.25, 0.3) is 0 Å². The number of carbonyl (C=O) groups excluding carboxylic acids is 1. The fourth-order valence-corrected chi connectivity index (χ4v) is 3.67. The Morgan fingerprint density at radius 2 is 1.96 bits per heavy atom. The van der Waals surface area contributed by atoms with Gasteiger partial charge in [0.15, 0.2) is 6.61 Å². The first-order valence-corrected chi connectivity index (χ1v) is 10.2. The first kappa shape index (κ1) is 20.5. The molecule has 1 atom stereocenters. The molecule has 0 radical (unpaired) electrons. The number of hydrogen-bond acceptors (Lipinski definition) is 4. The van der Waals surface area contributed by atoms with Gasteiger partial charge in [-0.15, -0.1) is 0 Å². The molecule has 0 spiro atoms. The second kappa shape index (κ2) is 9.28. The molecule has 1 aromatic carbocycles. The van der Waals surface area contributed by atoms with Gasteiger partial charge >= 0.3 is 0 Å². The van der Waals surface area contributed by atoms with Crippen LogP contribution in [-0.2, 0) is 4.79 Å². The zero-order valence-electron chi connectivity index (χ0n) is 17.5. The summed E-state index contributed by atoms with van der Waals surface area (Å²) in [6, 6.07) is 9.96.